The Balaban J connectivity index is 1.47. The number of piperidine rings is 1. The minimum atomic E-state index is 0.295. The molecule has 1 amide bonds. The molecule has 23 heavy (non-hydrogen) atoms. The molecule has 128 valence electrons. The summed E-state index contributed by atoms with van der Waals surface area (Å²) in [7, 11) is 0. The summed E-state index contributed by atoms with van der Waals surface area (Å²) < 4.78 is 7.20. The molecule has 2 aliphatic heterocycles. The predicted octanol–water partition coefficient (Wildman–Crippen LogP) is 0.772. The molecule has 2 saturated heterocycles. The van der Waals surface area contributed by atoms with E-state index in [1.807, 2.05) is 0 Å². The van der Waals surface area contributed by atoms with Gasteiger partial charge >= 0.3 is 0 Å². The van der Waals surface area contributed by atoms with Crippen LogP contribution in [0.15, 0.2) is 12.7 Å². The van der Waals surface area contributed by atoms with Gasteiger partial charge in [0.1, 0.15) is 12.7 Å². The van der Waals surface area contributed by atoms with E-state index in [4.69, 9.17) is 4.74 Å². The van der Waals surface area contributed by atoms with Gasteiger partial charge in [0.2, 0.25) is 5.91 Å². The van der Waals surface area contributed by atoms with Crippen molar-refractivity contribution in [1.29, 1.82) is 0 Å². The van der Waals surface area contributed by atoms with Crippen LogP contribution in [0, 0.1) is 0 Å². The van der Waals surface area contributed by atoms with Gasteiger partial charge in [0.25, 0.3) is 0 Å². The van der Waals surface area contributed by atoms with Gasteiger partial charge in [-0.05, 0) is 25.7 Å². The minimum absolute atomic E-state index is 0.295. The Labute approximate surface area is 137 Å². The van der Waals surface area contributed by atoms with Gasteiger partial charge in [0, 0.05) is 45.2 Å². The van der Waals surface area contributed by atoms with Crippen molar-refractivity contribution in [3.05, 3.63) is 12.7 Å². The van der Waals surface area contributed by atoms with Crippen LogP contribution < -0.4 is 0 Å². The van der Waals surface area contributed by atoms with Crippen LogP contribution in [-0.2, 0) is 16.1 Å². The zero-order valence-corrected chi connectivity index (χ0v) is 13.8. The summed E-state index contributed by atoms with van der Waals surface area (Å²) in [5.74, 6) is 0.295. The van der Waals surface area contributed by atoms with Crippen molar-refractivity contribution in [2.24, 2.45) is 0 Å². The molecule has 0 radical (unpaired) electrons. The number of aryl methyl sites for hydroxylation is 1. The largest absolute Gasteiger partial charge is 0.379 e. The highest BCUT2D eigenvalue weighted by Gasteiger charge is 2.28. The molecule has 0 saturated carbocycles. The lowest BCUT2D eigenvalue weighted by Gasteiger charge is -2.39. The molecular weight excluding hydrogens is 294 g/mol. The second kappa shape index (κ2) is 8.40. The van der Waals surface area contributed by atoms with Crippen molar-refractivity contribution in [3.63, 3.8) is 0 Å². The smallest absolute Gasteiger partial charge is 0.222 e. The maximum absolute atomic E-state index is 12.6. The summed E-state index contributed by atoms with van der Waals surface area (Å²) in [6.07, 6.45) is 8.15. The number of nitrogens with zero attached hydrogens (tertiary/aromatic N) is 5. The van der Waals surface area contributed by atoms with Crippen molar-refractivity contribution < 1.29 is 9.53 Å². The Morgan fingerprint density at radius 2 is 2.09 bits per heavy atom. The standard InChI is InChI=1S/C16H27N5O2/c22-16(5-3-6-20-14-17-13-18-20)21-7-2-1-4-15(21)12-19-8-10-23-11-9-19/h13-15H,1-12H2/t15-/m1/s1. The van der Waals surface area contributed by atoms with Crippen LogP contribution in [0.4, 0.5) is 0 Å². The maximum atomic E-state index is 12.6. The Morgan fingerprint density at radius 3 is 2.87 bits per heavy atom. The molecule has 1 atom stereocenters. The lowest BCUT2D eigenvalue weighted by molar-refractivity contribution is -0.135. The number of ether oxygens (including phenoxy) is 1. The summed E-state index contributed by atoms with van der Waals surface area (Å²) in [5, 5.41) is 4.08. The van der Waals surface area contributed by atoms with Gasteiger partial charge in [-0.3, -0.25) is 14.4 Å². The lowest BCUT2D eigenvalue weighted by Crippen LogP contribution is -2.51. The van der Waals surface area contributed by atoms with Crippen LogP contribution in [0.3, 0.4) is 0 Å². The molecule has 0 N–H and O–H groups in total. The van der Waals surface area contributed by atoms with Gasteiger partial charge in [-0.2, -0.15) is 5.10 Å². The van der Waals surface area contributed by atoms with Crippen molar-refractivity contribution in [2.75, 3.05) is 39.4 Å². The fourth-order valence-electron chi connectivity index (χ4n) is 3.48. The molecule has 2 fully saturated rings. The number of hydrogen-bond acceptors (Lipinski definition) is 5. The van der Waals surface area contributed by atoms with Crippen LogP contribution in [-0.4, -0.2) is 75.9 Å². The number of carbonyl (C=O) groups is 1. The summed E-state index contributed by atoms with van der Waals surface area (Å²) >= 11 is 0. The Kier molecular flexibility index (Phi) is 5.99. The highest BCUT2D eigenvalue weighted by Crippen LogP contribution is 2.20. The number of likely N-dealkylation sites (tertiary alicyclic amines) is 1. The molecule has 3 heterocycles. The molecule has 3 rings (SSSR count). The predicted molar refractivity (Wildman–Crippen MR) is 85.9 cm³/mol. The number of hydrogen-bond donors (Lipinski definition) is 0. The van der Waals surface area contributed by atoms with Gasteiger partial charge < -0.3 is 9.64 Å². The molecular formula is C16H27N5O2. The van der Waals surface area contributed by atoms with E-state index in [-0.39, 0.29) is 0 Å². The first-order valence-electron chi connectivity index (χ1n) is 8.75. The molecule has 1 aromatic heterocycles. The summed E-state index contributed by atoms with van der Waals surface area (Å²) in [4.78, 5) is 21.1. The summed E-state index contributed by atoms with van der Waals surface area (Å²) in [5.41, 5.74) is 0. The highest BCUT2D eigenvalue weighted by atomic mass is 16.5. The fraction of sp³-hybridized carbons (Fsp3) is 0.812. The first-order chi connectivity index (χ1) is 11.3. The maximum Gasteiger partial charge on any atom is 0.222 e. The average molecular weight is 321 g/mol. The van der Waals surface area contributed by atoms with Crippen LogP contribution in [0.5, 0.6) is 0 Å². The van der Waals surface area contributed by atoms with Crippen molar-refractivity contribution >= 4 is 5.91 Å². The third-order valence-corrected chi connectivity index (χ3v) is 4.76. The highest BCUT2D eigenvalue weighted by molar-refractivity contribution is 5.76. The van der Waals surface area contributed by atoms with E-state index in [9.17, 15) is 4.79 Å². The Morgan fingerprint density at radius 1 is 1.22 bits per heavy atom. The fourth-order valence-corrected chi connectivity index (χ4v) is 3.48. The van der Waals surface area contributed by atoms with Crippen LogP contribution in [0.1, 0.15) is 32.1 Å². The van der Waals surface area contributed by atoms with Crippen molar-refractivity contribution in [1.82, 2.24) is 24.6 Å². The molecule has 2 aliphatic rings. The third-order valence-electron chi connectivity index (χ3n) is 4.76. The van der Waals surface area contributed by atoms with Crippen LogP contribution in [0.25, 0.3) is 0 Å². The Hall–Kier alpha value is -1.47. The van der Waals surface area contributed by atoms with E-state index < -0.39 is 0 Å². The average Bonchev–Trinajstić information content (AvgIpc) is 3.09. The van der Waals surface area contributed by atoms with E-state index in [2.05, 4.69) is 19.9 Å². The number of rotatable bonds is 6. The molecule has 7 heteroatoms. The molecule has 0 aliphatic carbocycles. The Bertz CT molecular complexity index is 473. The van der Waals surface area contributed by atoms with Gasteiger partial charge in [0.05, 0.1) is 13.2 Å². The van der Waals surface area contributed by atoms with Crippen LogP contribution in [0.2, 0.25) is 0 Å². The topological polar surface area (TPSA) is 63.5 Å². The number of aromatic nitrogens is 3. The van der Waals surface area contributed by atoms with Gasteiger partial charge in [0.15, 0.2) is 0 Å². The van der Waals surface area contributed by atoms with Gasteiger partial charge in [-0.15, -0.1) is 0 Å². The van der Waals surface area contributed by atoms with Gasteiger partial charge in [-0.1, -0.05) is 0 Å². The molecule has 1 aromatic rings. The zero-order chi connectivity index (χ0) is 15.9. The first kappa shape index (κ1) is 16.4. The molecule has 0 spiro atoms. The third kappa shape index (κ3) is 4.75. The van der Waals surface area contributed by atoms with Crippen molar-refractivity contribution in [2.45, 2.75) is 44.7 Å². The zero-order valence-electron chi connectivity index (χ0n) is 13.8. The quantitative estimate of drug-likeness (QED) is 0.774. The molecule has 0 unspecified atom stereocenters. The van der Waals surface area contributed by atoms with Crippen molar-refractivity contribution in [3.8, 4) is 0 Å². The number of carbonyl (C=O) groups excluding carboxylic acids is 1. The first-order valence-corrected chi connectivity index (χ1v) is 8.75. The molecule has 7 nitrogen and oxygen atoms in total. The van der Waals surface area contributed by atoms with Crippen LogP contribution >= 0.6 is 0 Å². The van der Waals surface area contributed by atoms with E-state index in [1.54, 1.807) is 11.0 Å². The van der Waals surface area contributed by atoms with E-state index in [1.165, 1.54) is 12.7 Å². The minimum Gasteiger partial charge on any atom is -0.379 e. The lowest BCUT2D eigenvalue weighted by atomic mass is 10.0. The van der Waals surface area contributed by atoms with Gasteiger partial charge in [-0.25, -0.2) is 4.98 Å². The van der Waals surface area contributed by atoms with E-state index in [0.717, 1.165) is 65.2 Å². The second-order valence-electron chi connectivity index (χ2n) is 6.41. The normalized spacial score (nSPS) is 23.1. The molecule has 0 bridgehead atoms. The monoisotopic (exact) mass is 321 g/mol. The van der Waals surface area contributed by atoms with E-state index >= 15 is 0 Å². The van der Waals surface area contributed by atoms with E-state index in [0.29, 0.717) is 18.4 Å². The number of amides is 1. The number of morpholine rings is 1. The summed E-state index contributed by atoms with van der Waals surface area (Å²) in [6, 6.07) is 0.376. The molecule has 0 aromatic carbocycles. The second-order valence-corrected chi connectivity index (χ2v) is 6.41. The SMILES string of the molecule is O=C(CCCn1cncn1)N1CCCC[C@@H]1CN1CCOCC1. The summed E-state index contributed by atoms with van der Waals surface area (Å²) in [6.45, 7) is 6.29.